The Morgan fingerprint density at radius 3 is 2.70 bits per heavy atom. The van der Waals surface area contributed by atoms with Crippen molar-refractivity contribution in [2.75, 3.05) is 18.4 Å². The molecule has 1 aliphatic rings. The second-order valence-corrected chi connectivity index (χ2v) is 10.9. The van der Waals surface area contributed by atoms with E-state index >= 15 is 0 Å². The minimum Gasteiger partial charge on any atom is -0.354 e. The standard InChI is InChI=1S/C32H34N6O2/c1-21-10-12-37(13-11-21)19-23-8-9-29-25(14-23)15-30(36-29)28-16-27(18-33-32(28)40)35-31(39)26-17-34-38(20-26)22(2)24-6-4-3-5-7-24/h3-9,14-18,20-22,36H,10-13,19H2,1-2H3,(H,33,40)(H,35,39). The third kappa shape index (κ3) is 5.49. The van der Waals surface area contributed by atoms with Crippen molar-refractivity contribution >= 4 is 22.5 Å². The predicted octanol–water partition coefficient (Wildman–Crippen LogP) is 5.81. The number of anilines is 1. The second-order valence-electron chi connectivity index (χ2n) is 10.9. The summed E-state index contributed by atoms with van der Waals surface area (Å²) in [6.45, 7) is 7.58. The van der Waals surface area contributed by atoms with Crippen LogP contribution in [0.2, 0.25) is 0 Å². The summed E-state index contributed by atoms with van der Waals surface area (Å²) in [5.74, 6) is 0.517. The van der Waals surface area contributed by atoms with Gasteiger partial charge < -0.3 is 15.3 Å². The summed E-state index contributed by atoms with van der Waals surface area (Å²) in [4.78, 5) is 34.4. The number of H-pyrrole nitrogens is 2. The van der Waals surface area contributed by atoms with Crippen LogP contribution in [0.25, 0.3) is 22.2 Å². The van der Waals surface area contributed by atoms with E-state index in [0.717, 1.165) is 42.0 Å². The molecule has 3 N–H and O–H groups in total. The van der Waals surface area contributed by atoms with Crippen molar-refractivity contribution in [1.29, 1.82) is 0 Å². The first-order valence-electron chi connectivity index (χ1n) is 13.9. The topological polar surface area (TPSA) is 98.8 Å². The lowest BCUT2D eigenvalue weighted by Crippen LogP contribution is -2.32. The normalized spacial score (nSPS) is 15.3. The molecule has 0 spiro atoms. The van der Waals surface area contributed by atoms with Crippen molar-refractivity contribution in [3.05, 3.63) is 106 Å². The molecule has 1 amide bonds. The van der Waals surface area contributed by atoms with Crippen LogP contribution in [-0.4, -0.2) is 43.6 Å². The van der Waals surface area contributed by atoms with E-state index in [9.17, 15) is 9.59 Å². The maximum atomic E-state index is 13.0. The summed E-state index contributed by atoms with van der Waals surface area (Å²) in [5, 5.41) is 8.35. The SMILES string of the molecule is CC1CCN(Cc2ccc3[nH]c(-c4cc(NC(=O)c5cnn(C(C)c6ccccc6)c5)c[nH]c4=O)cc3c2)CC1. The van der Waals surface area contributed by atoms with E-state index in [1.807, 2.05) is 43.3 Å². The van der Waals surface area contributed by atoms with Crippen molar-refractivity contribution in [2.45, 2.75) is 39.3 Å². The molecular weight excluding hydrogens is 500 g/mol. The molecule has 8 nitrogen and oxygen atoms in total. The molecule has 1 aliphatic heterocycles. The predicted molar refractivity (Wildman–Crippen MR) is 158 cm³/mol. The number of hydrogen-bond acceptors (Lipinski definition) is 4. The number of amides is 1. The van der Waals surface area contributed by atoms with Gasteiger partial charge in [-0.3, -0.25) is 19.2 Å². The maximum Gasteiger partial charge on any atom is 0.258 e. The number of aromatic nitrogens is 4. The van der Waals surface area contributed by atoms with Crippen molar-refractivity contribution in [1.82, 2.24) is 24.6 Å². The Morgan fingerprint density at radius 2 is 1.90 bits per heavy atom. The van der Waals surface area contributed by atoms with Crippen LogP contribution in [0.4, 0.5) is 5.69 Å². The van der Waals surface area contributed by atoms with Gasteiger partial charge in [-0.1, -0.05) is 43.3 Å². The number of piperidine rings is 1. The molecular formula is C32H34N6O2. The van der Waals surface area contributed by atoms with Gasteiger partial charge in [0.1, 0.15) is 0 Å². The molecule has 0 saturated carbocycles. The summed E-state index contributed by atoms with van der Waals surface area (Å²) in [6.07, 6.45) is 7.31. The highest BCUT2D eigenvalue weighted by atomic mass is 16.1. The van der Waals surface area contributed by atoms with Crippen molar-refractivity contribution in [3.63, 3.8) is 0 Å². The lowest BCUT2D eigenvalue weighted by Gasteiger charge is -2.30. The maximum absolute atomic E-state index is 13.0. The number of likely N-dealkylation sites (tertiary alicyclic amines) is 1. The number of fused-ring (bicyclic) bond motifs is 1. The number of carbonyl (C=O) groups is 1. The lowest BCUT2D eigenvalue weighted by molar-refractivity contribution is 0.102. The van der Waals surface area contributed by atoms with Crippen molar-refractivity contribution < 1.29 is 4.79 Å². The zero-order chi connectivity index (χ0) is 27.6. The summed E-state index contributed by atoms with van der Waals surface area (Å²) >= 11 is 0. The Kier molecular flexibility index (Phi) is 7.09. The fourth-order valence-electron chi connectivity index (χ4n) is 5.41. The molecule has 1 saturated heterocycles. The van der Waals surface area contributed by atoms with E-state index < -0.39 is 0 Å². The monoisotopic (exact) mass is 534 g/mol. The number of hydrogen-bond donors (Lipinski definition) is 3. The highest BCUT2D eigenvalue weighted by molar-refractivity contribution is 6.04. The molecule has 0 bridgehead atoms. The number of carbonyl (C=O) groups excluding carboxylic acids is 1. The first-order valence-corrected chi connectivity index (χ1v) is 13.9. The Labute approximate surface area is 233 Å². The van der Waals surface area contributed by atoms with E-state index in [0.29, 0.717) is 22.5 Å². The molecule has 2 aromatic carbocycles. The van der Waals surface area contributed by atoms with Gasteiger partial charge in [0.05, 0.1) is 34.7 Å². The van der Waals surface area contributed by atoms with Crippen LogP contribution in [-0.2, 0) is 6.54 Å². The summed E-state index contributed by atoms with van der Waals surface area (Å²) in [7, 11) is 0. The average molecular weight is 535 g/mol. The molecule has 8 heteroatoms. The summed E-state index contributed by atoms with van der Waals surface area (Å²) in [6, 6.07) is 20.1. The van der Waals surface area contributed by atoms with Gasteiger partial charge in [0.25, 0.3) is 11.5 Å². The molecule has 1 atom stereocenters. The summed E-state index contributed by atoms with van der Waals surface area (Å²) < 4.78 is 1.77. The highest BCUT2D eigenvalue weighted by Gasteiger charge is 2.17. The Morgan fingerprint density at radius 1 is 1.10 bits per heavy atom. The van der Waals surface area contributed by atoms with Gasteiger partial charge in [0.15, 0.2) is 0 Å². The molecule has 3 aromatic heterocycles. The van der Waals surface area contributed by atoms with Crippen LogP contribution < -0.4 is 10.9 Å². The quantitative estimate of drug-likeness (QED) is 0.245. The smallest absolute Gasteiger partial charge is 0.258 e. The molecule has 5 aromatic rings. The van der Waals surface area contributed by atoms with E-state index in [4.69, 9.17) is 0 Å². The Hall–Kier alpha value is -4.43. The number of nitrogens with one attached hydrogen (secondary N) is 3. The molecule has 0 radical (unpaired) electrons. The second kappa shape index (κ2) is 11.0. The van der Waals surface area contributed by atoms with E-state index in [2.05, 4.69) is 50.4 Å². The van der Waals surface area contributed by atoms with Gasteiger partial charge in [-0.2, -0.15) is 5.10 Å². The first-order chi connectivity index (χ1) is 19.4. The van der Waals surface area contributed by atoms with Crippen LogP contribution in [0.3, 0.4) is 0 Å². The third-order valence-electron chi connectivity index (χ3n) is 7.96. The fraction of sp³-hybridized carbons (Fsp3) is 0.281. The van der Waals surface area contributed by atoms with Crippen molar-refractivity contribution in [3.8, 4) is 11.3 Å². The van der Waals surface area contributed by atoms with Gasteiger partial charge in [0, 0.05) is 29.8 Å². The van der Waals surface area contributed by atoms with Gasteiger partial charge in [-0.25, -0.2) is 0 Å². The average Bonchev–Trinajstić information content (AvgIpc) is 3.63. The van der Waals surface area contributed by atoms with Crippen molar-refractivity contribution in [2.24, 2.45) is 5.92 Å². The van der Waals surface area contributed by atoms with Crippen LogP contribution >= 0.6 is 0 Å². The largest absolute Gasteiger partial charge is 0.354 e. The van der Waals surface area contributed by atoms with E-state index in [1.54, 1.807) is 23.1 Å². The Balaban J connectivity index is 1.18. The summed E-state index contributed by atoms with van der Waals surface area (Å²) in [5.41, 5.74) is 5.24. The molecule has 6 rings (SSSR count). The zero-order valence-electron chi connectivity index (χ0n) is 22.9. The minimum absolute atomic E-state index is 0.00601. The lowest BCUT2D eigenvalue weighted by atomic mass is 9.99. The van der Waals surface area contributed by atoms with Crippen LogP contribution in [0.5, 0.6) is 0 Å². The number of pyridine rings is 1. The van der Waals surface area contributed by atoms with E-state index in [1.165, 1.54) is 24.6 Å². The van der Waals surface area contributed by atoms with Crippen LogP contribution in [0.15, 0.2) is 84.0 Å². The number of aromatic amines is 2. The Bertz CT molecular complexity index is 1690. The van der Waals surface area contributed by atoms with Gasteiger partial charge in [0.2, 0.25) is 0 Å². The minimum atomic E-state index is -0.294. The number of rotatable bonds is 7. The zero-order valence-corrected chi connectivity index (χ0v) is 22.9. The molecule has 1 fully saturated rings. The molecule has 204 valence electrons. The molecule has 4 heterocycles. The molecule has 0 aliphatic carbocycles. The number of nitrogens with zero attached hydrogens (tertiary/aromatic N) is 3. The molecule has 40 heavy (non-hydrogen) atoms. The van der Waals surface area contributed by atoms with Gasteiger partial charge >= 0.3 is 0 Å². The fourth-order valence-corrected chi connectivity index (χ4v) is 5.41. The van der Waals surface area contributed by atoms with Gasteiger partial charge in [-0.05, 0) is 74.2 Å². The first kappa shape index (κ1) is 25.8. The number of benzene rings is 2. The van der Waals surface area contributed by atoms with Crippen LogP contribution in [0.1, 0.15) is 54.2 Å². The molecule has 1 unspecified atom stereocenters. The van der Waals surface area contributed by atoms with Gasteiger partial charge in [-0.15, -0.1) is 0 Å². The third-order valence-corrected chi connectivity index (χ3v) is 7.96. The van der Waals surface area contributed by atoms with E-state index in [-0.39, 0.29) is 17.5 Å². The van der Waals surface area contributed by atoms with Crippen LogP contribution in [0, 0.1) is 5.92 Å². The highest BCUT2D eigenvalue weighted by Crippen LogP contribution is 2.26.